The van der Waals surface area contributed by atoms with E-state index in [-0.39, 0.29) is 19.0 Å². The summed E-state index contributed by atoms with van der Waals surface area (Å²) in [4.78, 5) is 12.4. The van der Waals surface area contributed by atoms with E-state index in [1.807, 2.05) is 0 Å². The number of halogens is 6. The summed E-state index contributed by atoms with van der Waals surface area (Å²) in [5, 5.41) is 15.2. The molecular formula is C26H24F6N2O3S2. The Balaban J connectivity index is 1.91. The van der Waals surface area contributed by atoms with Crippen molar-refractivity contribution in [3.63, 3.8) is 0 Å². The molecule has 1 heterocycles. The molecule has 3 atom stereocenters. The molecule has 3 rings (SSSR count). The standard InChI is InChI=1S/C26H24F6N2O3S2/c1-16(26(30,31)32)10-25(36)33-22(11-17-6-3-2-4-7-17)23(35)15-34(14-18-8-5-9-38-18)39(37)24-13-20(28)19(27)12-21(24)29/h2-10,12-13,22-23,35H,11,14-15H2,1H3,(H,33,36)/b16-10+. The van der Waals surface area contributed by atoms with Crippen LogP contribution < -0.4 is 5.32 Å². The van der Waals surface area contributed by atoms with E-state index in [0.717, 1.165) is 11.2 Å². The van der Waals surface area contributed by atoms with Gasteiger partial charge in [-0.2, -0.15) is 13.2 Å². The molecule has 0 aliphatic rings. The Bertz CT molecular complexity index is 1320. The average Bonchev–Trinajstić information content (AvgIpc) is 3.38. The monoisotopic (exact) mass is 590 g/mol. The predicted molar refractivity (Wildman–Crippen MR) is 135 cm³/mol. The van der Waals surface area contributed by atoms with Gasteiger partial charge < -0.3 is 10.4 Å². The van der Waals surface area contributed by atoms with Crippen molar-refractivity contribution in [2.45, 2.75) is 43.1 Å². The smallest absolute Gasteiger partial charge is 0.390 e. The van der Waals surface area contributed by atoms with Crippen LogP contribution in [0.25, 0.3) is 0 Å². The lowest BCUT2D eigenvalue weighted by molar-refractivity contribution is -0.119. The van der Waals surface area contributed by atoms with Crippen molar-refractivity contribution >= 4 is 28.2 Å². The summed E-state index contributed by atoms with van der Waals surface area (Å²) in [5.41, 5.74) is -0.516. The predicted octanol–water partition coefficient (Wildman–Crippen LogP) is 5.29. The number of rotatable bonds is 11. The molecule has 3 aromatic rings. The van der Waals surface area contributed by atoms with Crippen molar-refractivity contribution in [2.24, 2.45) is 0 Å². The van der Waals surface area contributed by atoms with Crippen LogP contribution in [0, 0.1) is 17.5 Å². The first-order chi connectivity index (χ1) is 18.3. The molecule has 2 aromatic carbocycles. The van der Waals surface area contributed by atoms with E-state index in [1.165, 1.54) is 11.3 Å². The Hall–Kier alpha value is -3.00. The number of amides is 1. The Labute approximate surface area is 227 Å². The molecule has 0 saturated carbocycles. The van der Waals surface area contributed by atoms with Gasteiger partial charge in [0.25, 0.3) is 0 Å². The normalized spacial score (nSPS) is 14.7. The molecule has 1 aromatic heterocycles. The van der Waals surface area contributed by atoms with E-state index in [1.54, 1.807) is 47.8 Å². The van der Waals surface area contributed by atoms with Gasteiger partial charge in [-0.25, -0.2) is 21.7 Å². The highest BCUT2D eigenvalue weighted by Crippen LogP contribution is 2.25. The maximum Gasteiger partial charge on any atom is 0.412 e. The number of benzene rings is 2. The van der Waals surface area contributed by atoms with Gasteiger partial charge in [-0.05, 0) is 36.4 Å². The van der Waals surface area contributed by atoms with E-state index in [9.17, 15) is 40.5 Å². The minimum absolute atomic E-state index is 0.00827. The van der Waals surface area contributed by atoms with Crippen molar-refractivity contribution in [1.29, 1.82) is 0 Å². The SMILES string of the molecule is C/C(=C\C(=O)NC(Cc1ccccc1)C(O)CN(Cc1cccs1)S(=O)c1cc(F)c(F)cc1F)C(F)(F)F. The van der Waals surface area contributed by atoms with Crippen molar-refractivity contribution in [3.8, 4) is 0 Å². The summed E-state index contributed by atoms with van der Waals surface area (Å²) in [7, 11) is -2.43. The van der Waals surface area contributed by atoms with Crippen LogP contribution in [-0.4, -0.2) is 44.4 Å². The second-order valence-electron chi connectivity index (χ2n) is 8.55. The second-order valence-corrected chi connectivity index (χ2v) is 11.0. The number of carbonyl (C=O) groups excluding carboxylic acids is 1. The van der Waals surface area contributed by atoms with Crippen LogP contribution in [0.4, 0.5) is 26.3 Å². The van der Waals surface area contributed by atoms with Crippen LogP contribution in [0.5, 0.6) is 0 Å². The summed E-state index contributed by atoms with van der Waals surface area (Å²) in [6.45, 7) is 0.159. The van der Waals surface area contributed by atoms with Gasteiger partial charge in [0.2, 0.25) is 5.91 Å². The highest BCUT2D eigenvalue weighted by Gasteiger charge is 2.32. The molecule has 1 amide bonds. The summed E-state index contributed by atoms with van der Waals surface area (Å²) in [6, 6.07) is 11.4. The van der Waals surface area contributed by atoms with Gasteiger partial charge >= 0.3 is 6.18 Å². The first-order valence-corrected chi connectivity index (χ1v) is 13.5. The lowest BCUT2D eigenvalue weighted by Gasteiger charge is -2.29. The summed E-state index contributed by atoms with van der Waals surface area (Å²) in [6.07, 6.45) is -5.89. The topological polar surface area (TPSA) is 69.6 Å². The summed E-state index contributed by atoms with van der Waals surface area (Å²) >= 11 is 1.26. The number of nitrogens with one attached hydrogen (secondary N) is 1. The van der Waals surface area contributed by atoms with E-state index in [0.29, 0.717) is 22.6 Å². The van der Waals surface area contributed by atoms with Gasteiger partial charge in [0.1, 0.15) is 16.8 Å². The van der Waals surface area contributed by atoms with E-state index in [4.69, 9.17) is 0 Å². The zero-order chi connectivity index (χ0) is 28.7. The fourth-order valence-corrected chi connectivity index (χ4v) is 5.59. The van der Waals surface area contributed by atoms with Gasteiger partial charge in [0, 0.05) is 35.7 Å². The van der Waals surface area contributed by atoms with Crippen LogP contribution in [0.3, 0.4) is 0 Å². The Kier molecular flexibility index (Phi) is 10.5. The molecule has 0 spiro atoms. The fourth-order valence-electron chi connectivity index (χ4n) is 3.53. The molecule has 3 unspecified atom stereocenters. The van der Waals surface area contributed by atoms with Gasteiger partial charge in [0.15, 0.2) is 11.6 Å². The molecule has 0 fully saturated rings. The molecule has 39 heavy (non-hydrogen) atoms. The third-order valence-corrected chi connectivity index (χ3v) is 7.88. The lowest BCUT2D eigenvalue weighted by atomic mass is 10.0. The highest BCUT2D eigenvalue weighted by molar-refractivity contribution is 7.82. The Morgan fingerprint density at radius 2 is 1.74 bits per heavy atom. The number of allylic oxidation sites excluding steroid dienone is 1. The van der Waals surface area contributed by atoms with Crippen LogP contribution >= 0.6 is 11.3 Å². The van der Waals surface area contributed by atoms with Gasteiger partial charge in [-0.1, -0.05) is 36.4 Å². The van der Waals surface area contributed by atoms with Crippen LogP contribution in [-0.2, 0) is 28.7 Å². The van der Waals surface area contributed by atoms with E-state index >= 15 is 0 Å². The Morgan fingerprint density at radius 3 is 2.36 bits per heavy atom. The molecule has 0 saturated heterocycles. The zero-order valence-corrected chi connectivity index (χ0v) is 22.1. The van der Waals surface area contributed by atoms with Gasteiger partial charge in [-0.15, -0.1) is 11.3 Å². The van der Waals surface area contributed by atoms with Crippen LogP contribution in [0.15, 0.2) is 76.5 Å². The fraction of sp³-hybridized carbons (Fsp3) is 0.269. The number of carbonyl (C=O) groups is 1. The molecular weight excluding hydrogens is 566 g/mol. The number of thiophene rings is 1. The van der Waals surface area contributed by atoms with Crippen LogP contribution in [0.1, 0.15) is 17.4 Å². The molecule has 0 radical (unpaired) electrons. The first kappa shape index (κ1) is 30.5. The van der Waals surface area contributed by atoms with Crippen molar-refractivity contribution in [1.82, 2.24) is 9.62 Å². The number of nitrogens with zero attached hydrogens (tertiary/aromatic N) is 1. The zero-order valence-electron chi connectivity index (χ0n) is 20.4. The molecule has 13 heteroatoms. The molecule has 5 nitrogen and oxygen atoms in total. The second kappa shape index (κ2) is 13.4. The molecule has 210 valence electrons. The third-order valence-electron chi connectivity index (χ3n) is 5.59. The summed E-state index contributed by atoms with van der Waals surface area (Å²) < 4.78 is 95.0. The molecule has 0 bridgehead atoms. The number of hydrogen-bond donors (Lipinski definition) is 2. The van der Waals surface area contributed by atoms with Crippen molar-refractivity contribution in [2.75, 3.05) is 6.54 Å². The molecule has 0 aliphatic heterocycles. The van der Waals surface area contributed by atoms with Crippen molar-refractivity contribution < 1.29 is 40.5 Å². The minimum Gasteiger partial charge on any atom is -0.390 e. The van der Waals surface area contributed by atoms with E-state index in [2.05, 4.69) is 5.32 Å². The first-order valence-electron chi connectivity index (χ1n) is 11.5. The number of hydrogen-bond acceptors (Lipinski definition) is 4. The minimum atomic E-state index is -4.73. The molecule has 0 aliphatic carbocycles. The number of aliphatic hydroxyl groups is 1. The largest absolute Gasteiger partial charge is 0.412 e. The van der Waals surface area contributed by atoms with Crippen molar-refractivity contribution in [3.05, 3.63) is 99.5 Å². The maximum absolute atomic E-state index is 14.5. The Morgan fingerprint density at radius 1 is 1.08 bits per heavy atom. The van der Waals surface area contributed by atoms with Crippen LogP contribution in [0.2, 0.25) is 0 Å². The van der Waals surface area contributed by atoms with Gasteiger partial charge in [0.05, 0.1) is 17.0 Å². The molecule has 2 N–H and O–H groups in total. The lowest BCUT2D eigenvalue weighted by Crippen LogP contribution is -2.49. The van der Waals surface area contributed by atoms with Gasteiger partial charge in [-0.3, -0.25) is 4.79 Å². The maximum atomic E-state index is 14.5. The average molecular weight is 591 g/mol. The number of alkyl halides is 3. The third kappa shape index (κ3) is 8.75. The van der Waals surface area contributed by atoms with E-state index < -0.39 is 69.7 Å². The highest BCUT2D eigenvalue weighted by atomic mass is 32.2. The summed E-state index contributed by atoms with van der Waals surface area (Å²) in [5.74, 6) is -5.26. The number of aliphatic hydroxyl groups excluding tert-OH is 1. The quantitative estimate of drug-likeness (QED) is 0.181.